The number of urea groups is 2. The Morgan fingerprint density at radius 2 is 1.02 bits per heavy atom. The van der Waals surface area contributed by atoms with Crippen molar-refractivity contribution < 1.29 is 28.9 Å². The molecule has 4 aromatic rings. The lowest BCUT2D eigenvalue weighted by Gasteiger charge is -2.26. The van der Waals surface area contributed by atoms with Crippen LogP contribution < -0.4 is 30.7 Å². The molecular formula is C34H32N6O8. The summed E-state index contributed by atoms with van der Waals surface area (Å²) in [5.41, 5.74) is 0.923. The van der Waals surface area contributed by atoms with E-state index in [4.69, 9.17) is 9.47 Å². The van der Waals surface area contributed by atoms with Crippen LogP contribution in [-0.4, -0.2) is 35.1 Å². The molecule has 0 spiro atoms. The standard InChI is InChI=1S/C34H32N6O8/c1-19-31(39(43)44)29(37-33(41)35-19)27-23-11-5-3-9-21(23)13-15-25(27)47-17-7-8-18-48-26-16-14-22-10-4-6-12-24(22)28(26)30-32(40(45)46)20(2)36-34(42)38-30/h3-6,9-16,29-30H,7-8,17-18H2,1-2H3,(H2,35,37,41)(H2,36,38,42). The number of benzene rings is 4. The Hall–Kier alpha value is -6.18. The summed E-state index contributed by atoms with van der Waals surface area (Å²) in [6.07, 6.45) is 1.07. The van der Waals surface area contributed by atoms with E-state index >= 15 is 0 Å². The lowest BCUT2D eigenvalue weighted by Crippen LogP contribution is -2.45. The van der Waals surface area contributed by atoms with Crippen molar-refractivity contribution in [3.05, 3.63) is 127 Å². The van der Waals surface area contributed by atoms with E-state index in [0.717, 1.165) is 10.8 Å². The fraction of sp³-hybridized carbons (Fsp3) is 0.235. The van der Waals surface area contributed by atoms with Gasteiger partial charge in [-0.25, -0.2) is 9.59 Å². The molecule has 2 atom stereocenters. The van der Waals surface area contributed by atoms with Crippen LogP contribution in [0.2, 0.25) is 0 Å². The number of rotatable bonds is 11. The topological polar surface area (TPSA) is 187 Å². The predicted molar refractivity (Wildman–Crippen MR) is 176 cm³/mol. The molecule has 48 heavy (non-hydrogen) atoms. The molecule has 246 valence electrons. The Morgan fingerprint density at radius 1 is 0.625 bits per heavy atom. The molecule has 0 saturated carbocycles. The van der Waals surface area contributed by atoms with Crippen molar-refractivity contribution in [3.63, 3.8) is 0 Å². The zero-order valence-electron chi connectivity index (χ0n) is 26.1. The van der Waals surface area contributed by atoms with Gasteiger partial charge in [0, 0.05) is 11.1 Å². The van der Waals surface area contributed by atoms with Crippen molar-refractivity contribution in [2.24, 2.45) is 0 Å². The average Bonchev–Trinajstić information content (AvgIpc) is 3.04. The average molecular weight is 653 g/mol. The summed E-state index contributed by atoms with van der Waals surface area (Å²) in [4.78, 5) is 48.0. The number of hydrogen-bond donors (Lipinski definition) is 4. The van der Waals surface area contributed by atoms with Crippen LogP contribution in [0.25, 0.3) is 21.5 Å². The van der Waals surface area contributed by atoms with E-state index in [0.29, 0.717) is 46.2 Å². The van der Waals surface area contributed by atoms with Crippen LogP contribution in [0.3, 0.4) is 0 Å². The second kappa shape index (κ2) is 13.3. The number of hydrogen-bond acceptors (Lipinski definition) is 8. The highest BCUT2D eigenvalue weighted by Gasteiger charge is 2.39. The summed E-state index contributed by atoms with van der Waals surface area (Å²) in [6.45, 7) is 3.47. The number of nitro groups is 2. The first-order valence-corrected chi connectivity index (χ1v) is 15.3. The van der Waals surface area contributed by atoms with Crippen molar-refractivity contribution in [2.45, 2.75) is 38.8 Å². The number of carbonyl (C=O) groups excluding carboxylic acids is 2. The molecular weight excluding hydrogens is 620 g/mol. The molecule has 2 unspecified atom stereocenters. The van der Waals surface area contributed by atoms with E-state index in [1.807, 2.05) is 60.7 Å². The molecule has 14 nitrogen and oxygen atoms in total. The zero-order valence-corrected chi connectivity index (χ0v) is 26.1. The molecule has 0 aromatic heterocycles. The van der Waals surface area contributed by atoms with Gasteiger partial charge in [-0.1, -0.05) is 60.7 Å². The number of nitrogens with zero attached hydrogens (tertiary/aromatic N) is 2. The SMILES string of the molecule is CC1=C([N+](=O)[O-])C(c2c(OCCCCOc3ccc4ccccc4c3C3NC(=O)NC(C)=C3[N+](=O)[O-])ccc3ccccc23)NC(=O)N1. The number of ether oxygens (including phenoxy) is 2. The van der Waals surface area contributed by atoms with Crippen molar-refractivity contribution in [1.29, 1.82) is 0 Å². The summed E-state index contributed by atoms with van der Waals surface area (Å²) >= 11 is 0. The maximum atomic E-state index is 12.4. The predicted octanol–water partition coefficient (Wildman–Crippen LogP) is 5.96. The maximum absolute atomic E-state index is 12.4. The van der Waals surface area contributed by atoms with Gasteiger partial charge in [-0.2, -0.15) is 0 Å². The van der Waals surface area contributed by atoms with Crippen LogP contribution in [0.1, 0.15) is 49.9 Å². The van der Waals surface area contributed by atoms with Crippen LogP contribution in [0.4, 0.5) is 9.59 Å². The molecule has 0 aliphatic carbocycles. The van der Waals surface area contributed by atoms with Crippen LogP contribution >= 0.6 is 0 Å². The van der Waals surface area contributed by atoms with Crippen LogP contribution in [0.15, 0.2) is 95.6 Å². The van der Waals surface area contributed by atoms with Crippen molar-refractivity contribution in [3.8, 4) is 11.5 Å². The van der Waals surface area contributed by atoms with Gasteiger partial charge >= 0.3 is 12.1 Å². The van der Waals surface area contributed by atoms with E-state index in [1.54, 1.807) is 12.1 Å². The van der Waals surface area contributed by atoms with E-state index < -0.39 is 34.0 Å². The minimum atomic E-state index is -1.04. The van der Waals surface area contributed by atoms with E-state index in [1.165, 1.54) is 13.8 Å². The third-order valence-corrected chi connectivity index (χ3v) is 8.35. The Balaban J connectivity index is 1.20. The maximum Gasteiger partial charge on any atom is 0.320 e. The molecule has 6 rings (SSSR count). The lowest BCUT2D eigenvalue weighted by molar-refractivity contribution is -0.433. The Labute approximate surface area is 274 Å². The van der Waals surface area contributed by atoms with E-state index in [9.17, 15) is 29.8 Å². The number of carbonyl (C=O) groups is 2. The number of unbranched alkanes of at least 4 members (excludes halogenated alkanes) is 1. The highest BCUT2D eigenvalue weighted by molar-refractivity contribution is 5.91. The first-order valence-electron chi connectivity index (χ1n) is 15.3. The molecule has 0 fully saturated rings. The molecule has 0 radical (unpaired) electrons. The fourth-order valence-corrected chi connectivity index (χ4v) is 6.24. The molecule has 4 N–H and O–H groups in total. The molecule has 4 amide bonds. The fourth-order valence-electron chi connectivity index (χ4n) is 6.24. The molecule has 0 bridgehead atoms. The van der Waals surface area contributed by atoms with Gasteiger partial charge in [0.25, 0.3) is 11.4 Å². The molecule has 4 aromatic carbocycles. The lowest BCUT2D eigenvalue weighted by atomic mass is 9.94. The molecule has 2 heterocycles. The highest BCUT2D eigenvalue weighted by Crippen LogP contribution is 2.40. The minimum absolute atomic E-state index is 0.151. The number of amides is 4. The van der Waals surface area contributed by atoms with Crippen LogP contribution in [0.5, 0.6) is 11.5 Å². The quantitative estimate of drug-likeness (QED) is 0.0868. The summed E-state index contributed by atoms with van der Waals surface area (Å²) in [5.74, 6) is 0.809. The number of allylic oxidation sites excluding steroid dienone is 2. The Morgan fingerprint density at radius 3 is 1.42 bits per heavy atom. The van der Waals surface area contributed by atoms with Gasteiger partial charge in [-0.3, -0.25) is 20.2 Å². The Kier molecular flexibility index (Phi) is 8.79. The van der Waals surface area contributed by atoms with Crippen molar-refractivity contribution in [1.82, 2.24) is 21.3 Å². The van der Waals surface area contributed by atoms with Gasteiger partial charge < -0.3 is 30.7 Å². The van der Waals surface area contributed by atoms with Gasteiger partial charge in [0.2, 0.25) is 0 Å². The van der Waals surface area contributed by atoms with Gasteiger partial charge in [-0.05, 0) is 60.4 Å². The normalized spacial score (nSPS) is 17.8. The third kappa shape index (κ3) is 6.15. The van der Waals surface area contributed by atoms with Crippen molar-refractivity contribution in [2.75, 3.05) is 13.2 Å². The molecule has 0 saturated heterocycles. The van der Waals surface area contributed by atoms with Crippen LogP contribution in [0, 0.1) is 20.2 Å². The van der Waals surface area contributed by atoms with E-state index in [-0.39, 0.29) is 36.0 Å². The van der Waals surface area contributed by atoms with E-state index in [2.05, 4.69) is 21.3 Å². The number of nitrogens with one attached hydrogen (secondary N) is 4. The van der Waals surface area contributed by atoms with Crippen LogP contribution in [-0.2, 0) is 0 Å². The van der Waals surface area contributed by atoms with Gasteiger partial charge in [0.1, 0.15) is 11.5 Å². The summed E-state index contributed by atoms with van der Waals surface area (Å²) < 4.78 is 12.4. The summed E-state index contributed by atoms with van der Waals surface area (Å²) in [6, 6.07) is 18.8. The Bertz CT molecular complexity index is 1900. The smallest absolute Gasteiger partial charge is 0.320 e. The second-order valence-electron chi connectivity index (χ2n) is 11.4. The minimum Gasteiger partial charge on any atom is -0.493 e. The third-order valence-electron chi connectivity index (χ3n) is 8.35. The van der Waals surface area contributed by atoms with Crippen molar-refractivity contribution >= 4 is 33.6 Å². The van der Waals surface area contributed by atoms with Gasteiger partial charge in [0.05, 0.1) is 34.5 Å². The first kappa shape index (κ1) is 31.8. The molecule has 2 aliphatic rings. The van der Waals surface area contributed by atoms with Gasteiger partial charge in [-0.15, -0.1) is 0 Å². The monoisotopic (exact) mass is 652 g/mol. The first-order chi connectivity index (χ1) is 23.1. The highest BCUT2D eigenvalue weighted by atomic mass is 16.6. The largest absolute Gasteiger partial charge is 0.493 e. The zero-order chi connectivity index (χ0) is 33.9. The number of fused-ring (bicyclic) bond motifs is 2. The van der Waals surface area contributed by atoms with Gasteiger partial charge in [0.15, 0.2) is 12.1 Å². The summed E-state index contributed by atoms with van der Waals surface area (Å²) in [7, 11) is 0. The molecule has 14 heteroatoms. The summed E-state index contributed by atoms with van der Waals surface area (Å²) in [5, 5.41) is 37.6. The molecule has 2 aliphatic heterocycles. The second-order valence-corrected chi connectivity index (χ2v) is 11.4.